The molecule has 0 radical (unpaired) electrons. The van der Waals surface area contributed by atoms with Gasteiger partial charge < -0.3 is 34.8 Å². The van der Waals surface area contributed by atoms with E-state index in [4.69, 9.17) is 19.1 Å². The molecule has 14 heteroatoms. The molecule has 340 valence electrons. The Balaban J connectivity index is 2.41. The van der Waals surface area contributed by atoms with Gasteiger partial charge in [0.2, 0.25) is 0 Å². The van der Waals surface area contributed by atoms with Crippen LogP contribution in [-0.4, -0.2) is 93.9 Å². The Morgan fingerprint density at radius 2 is 1.22 bits per heavy atom. The quantitative estimate of drug-likeness (QED) is 0.0170. The first-order valence-corrected chi connectivity index (χ1v) is 24.2. The molecule has 0 aliphatic heterocycles. The van der Waals surface area contributed by atoms with E-state index in [2.05, 4.69) is 18.4 Å². The zero-order chi connectivity index (χ0) is 42.9. The average Bonchev–Trinajstić information content (AvgIpc) is 3.47. The van der Waals surface area contributed by atoms with Crippen molar-refractivity contribution < 1.29 is 62.8 Å². The first kappa shape index (κ1) is 54.3. The summed E-state index contributed by atoms with van der Waals surface area (Å²) in [5.41, 5.74) is 0. The third-order valence-corrected chi connectivity index (χ3v) is 11.8. The molecule has 1 fully saturated rings. The van der Waals surface area contributed by atoms with Crippen molar-refractivity contribution in [2.75, 3.05) is 26.4 Å². The summed E-state index contributed by atoms with van der Waals surface area (Å²) in [4.78, 5) is 47.7. The van der Waals surface area contributed by atoms with Crippen LogP contribution in [0.5, 0.6) is 0 Å². The third kappa shape index (κ3) is 28.7. The normalized spacial score (nSPS) is 19.6. The molecule has 1 aliphatic rings. The minimum atomic E-state index is -4.67. The molecule has 58 heavy (non-hydrogen) atoms. The predicted octanol–water partition coefficient (Wildman–Crippen LogP) is 8.59. The maximum Gasteiger partial charge on any atom is 0.472 e. The van der Waals surface area contributed by atoms with Crippen molar-refractivity contribution in [1.82, 2.24) is 0 Å². The Morgan fingerprint density at radius 3 is 1.79 bits per heavy atom. The molecule has 0 amide bonds. The summed E-state index contributed by atoms with van der Waals surface area (Å²) < 4.78 is 32.7. The van der Waals surface area contributed by atoms with Crippen molar-refractivity contribution in [3.8, 4) is 0 Å². The highest BCUT2D eigenvalue weighted by molar-refractivity contribution is 7.47. The fraction of sp³-hybridized carbons (Fsp3) is 0.886. The Labute approximate surface area is 349 Å². The monoisotopic (exact) mass is 849 g/mol. The number of hydrogen-bond acceptors (Lipinski definition) is 12. The minimum absolute atomic E-state index is 0.00788. The lowest BCUT2D eigenvalue weighted by Crippen LogP contribution is -2.29. The van der Waals surface area contributed by atoms with E-state index < -0.39 is 76.5 Å². The molecule has 0 aromatic carbocycles. The molecule has 7 atom stereocenters. The molecule has 1 saturated carbocycles. The average molecular weight is 849 g/mol. The van der Waals surface area contributed by atoms with Crippen LogP contribution in [0, 0.1) is 11.8 Å². The second-order valence-electron chi connectivity index (χ2n) is 16.2. The van der Waals surface area contributed by atoms with Gasteiger partial charge in [-0.05, 0) is 31.6 Å². The first-order valence-electron chi connectivity index (χ1n) is 22.7. The number of esters is 2. The van der Waals surface area contributed by atoms with Gasteiger partial charge in [-0.2, -0.15) is 0 Å². The lowest BCUT2D eigenvalue weighted by atomic mass is 9.88. The maximum atomic E-state index is 12.7. The van der Waals surface area contributed by atoms with Crippen molar-refractivity contribution in [2.45, 2.75) is 212 Å². The second kappa shape index (κ2) is 35.0. The molecule has 1 rings (SSSR count). The summed E-state index contributed by atoms with van der Waals surface area (Å²) in [5, 5.41) is 39.1. The summed E-state index contributed by atoms with van der Waals surface area (Å²) in [6.45, 7) is 2.03. The number of aliphatic hydroxyl groups excluding tert-OH is 4. The zero-order valence-electron chi connectivity index (χ0n) is 36.0. The molecule has 1 unspecified atom stereocenters. The van der Waals surface area contributed by atoms with E-state index in [1.54, 1.807) is 12.2 Å². The first-order chi connectivity index (χ1) is 27.9. The van der Waals surface area contributed by atoms with Gasteiger partial charge >= 0.3 is 19.8 Å². The number of ketones is 1. The van der Waals surface area contributed by atoms with Crippen LogP contribution in [0.3, 0.4) is 0 Å². The lowest BCUT2D eigenvalue weighted by Gasteiger charge is -2.20. The number of hydrogen-bond donors (Lipinski definition) is 5. The molecule has 1 aliphatic carbocycles. The zero-order valence-corrected chi connectivity index (χ0v) is 36.9. The standard InChI is InChI=1S/C44H81O13P/c1-3-5-7-8-9-10-11-12-13-14-15-16-17-18-24-28-44(51)57-38(35-56-58(52,53)55-33-37(47)32-45)34-54-43(50)27-23-20-19-22-26-39-40(42(49)31-41(39)48)30-29-36(46)25-21-6-4-2/h29-30,36-41,45-48H,3-28,31-35H2,1-2H3,(H,52,53)/b30-29+/t36-,37-,38+,39+,40+,41-/m0/s1. The Kier molecular flexibility index (Phi) is 32.7. The fourth-order valence-electron chi connectivity index (χ4n) is 7.25. The van der Waals surface area contributed by atoms with Crippen LogP contribution in [0.4, 0.5) is 0 Å². The summed E-state index contributed by atoms with van der Waals surface area (Å²) >= 11 is 0. The molecule has 5 N–H and O–H groups in total. The van der Waals surface area contributed by atoms with Gasteiger partial charge in [-0.15, -0.1) is 0 Å². The van der Waals surface area contributed by atoms with Crippen LogP contribution >= 0.6 is 7.82 Å². The maximum absolute atomic E-state index is 12.7. The van der Waals surface area contributed by atoms with Crippen molar-refractivity contribution in [3.05, 3.63) is 12.2 Å². The number of carbonyl (C=O) groups excluding carboxylic acids is 3. The number of aliphatic hydroxyl groups is 4. The molecule has 0 aromatic heterocycles. The highest BCUT2D eigenvalue weighted by Gasteiger charge is 2.39. The van der Waals surface area contributed by atoms with E-state index in [1.165, 1.54) is 70.6 Å². The lowest BCUT2D eigenvalue weighted by molar-refractivity contribution is -0.161. The summed E-state index contributed by atoms with van der Waals surface area (Å²) in [7, 11) is -4.67. The fourth-order valence-corrected chi connectivity index (χ4v) is 8.04. The molecule has 0 spiro atoms. The van der Waals surface area contributed by atoms with Gasteiger partial charge in [0, 0.05) is 25.2 Å². The van der Waals surface area contributed by atoms with Crippen LogP contribution in [-0.2, 0) is 37.5 Å². The Morgan fingerprint density at radius 1 is 0.724 bits per heavy atom. The van der Waals surface area contributed by atoms with Gasteiger partial charge in [-0.1, -0.05) is 154 Å². The van der Waals surface area contributed by atoms with Gasteiger partial charge in [0.25, 0.3) is 0 Å². The third-order valence-electron chi connectivity index (χ3n) is 10.8. The number of phosphoric ester groups is 1. The van der Waals surface area contributed by atoms with Gasteiger partial charge in [0.05, 0.1) is 32.0 Å². The van der Waals surface area contributed by atoms with Gasteiger partial charge in [0.1, 0.15) is 18.5 Å². The number of carbonyl (C=O) groups is 3. The molecule has 0 heterocycles. The van der Waals surface area contributed by atoms with Gasteiger partial charge in [-0.3, -0.25) is 23.4 Å². The summed E-state index contributed by atoms with van der Waals surface area (Å²) in [6, 6.07) is 0. The van der Waals surface area contributed by atoms with Crippen LogP contribution in [0.2, 0.25) is 0 Å². The molecular weight excluding hydrogens is 767 g/mol. The van der Waals surface area contributed by atoms with Gasteiger partial charge in [0.15, 0.2) is 6.10 Å². The number of unbranched alkanes of at least 4 members (excludes halogenated alkanes) is 19. The molecule has 0 aromatic rings. The van der Waals surface area contributed by atoms with Crippen LogP contribution in [0.1, 0.15) is 187 Å². The Hall–Kier alpha value is -1.70. The smallest absolute Gasteiger partial charge is 0.462 e. The topological polar surface area (TPSA) is 206 Å². The minimum Gasteiger partial charge on any atom is -0.462 e. The molecular formula is C44H81O13P. The van der Waals surface area contributed by atoms with E-state index in [-0.39, 0.29) is 31.0 Å². The largest absolute Gasteiger partial charge is 0.472 e. The Bertz CT molecular complexity index is 1130. The number of Topliss-reactive ketones (excluding diaryl/α,β-unsaturated/α-hetero) is 1. The van der Waals surface area contributed by atoms with E-state index >= 15 is 0 Å². The van der Waals surface area contributed by atoms with E-state index in [1.807, 2.05) is 0 Å². The predicted molar refractivity (Wildman–Crippen MR) is 225 cm³/mol. The van der Waals surface area contributed by atoms with E-state index in [0.29, 0.717) is 32.1 Å². The summed E-state index contributed by atoms with van der Waals surface area (Å²) in [6.07, 6.45) is 25.1. The highest BCUT2D eigenvalue weighted by atomic mass is 31.2. The second-order valence-corrected chi connectivity index (χ2v) is 17.7. The van der Waals surface area contributed by atoms with Crippen LogP contribution < -0.4 is 0 Å². The number of ether oxygens (including phenoxy) is 2. The van der Waals surface area contributed by atoms with Crippen LogP contribution in [0.15, 0.2) is 12.2 Å². The van der Waals surface area contributed by atoms with Crippen LogP contribution in [0.25, 0.3) is 0 Å². The van der Waals surface area contributed by atoms with Crippen molar-refractivity contribution >= 4 is 25.5 Å². The van der Waals surface area contributed by atoms with E-state index in [0.717, 1.165) is 51.4 Å². The van der Waals surface area contributed by atoms with Crippen molar-refractivity contribution in [2.24, 2.45) is 11.8 Å². The van der Waals surface area contributed by atoms with Gasteiger partial charge in [-0.25, -0.2) is 4.57 Å². The summed E-state index contributed by atoms with van der Waals surface area (Å²) in [5.74, 6) is -1.68. The number of allylic oxidation sites excluding steroid dienone is 1. The molecule has 0 saturated heterocycles. The number of phosphoric acid groups is 1. The highest BCUT2D eigenvalue weighted by Crippen LogP contribution is 2.43. The SMILES string of the molecule is CCCCCCCCCCCCCCCCCC(=O)O[C@H](COC(=O)CCCCCC[C@H]1[C@@H](O)CC(=O)[C@@H]1/C=C/[C@@H](O)CCCCC)COP(=O)(O)OC[C@@H](O)CO. The molecule has 13 nitrogen and oxygen atoms in total. The van der Waals surface area contributed by atoms with E-state index in [9.17, 15) is 39.2 Å². The number of rotatable bonds is 39. The molecule has 0 bridgehead atoms. The van der Waals surface area contributed by atoms with Crippen molar-refractivity contribution in [3.63, 3.8) is 0 Å². The van der Waals surface area contributed by atoms with Crippen molar-refractivity contribution in [1.29, 1.82) is 0 Å².